The highest BCUT2D eigenvalue weighted by atomic mass is 19.4. The molecule has 2 amide bonds. The zero-order valence-electron chi connectivity index (χ0n) is 15.5. The third-order valence-corrected chi connectivity index (χ3v) is 3.95. The summed E-state index contributed by atoms with van der Waals surface area (Å²) in [6.07, 6.45) is -4.60. The molecule has 0 bridgehead atoms. The highest BCUT2D eigenvalue weighted by Crippen LogP contribution is 2.21. The maximum absolute atomic E-state index is 14.0. The zero-order chi connectivity index (χ0) is 21.8. The van der Waals surface area contributed by atoms with Gasteiger partial charge in [0.1, 0.15) is 18.2 Å². The second-order valence-corrected chi connectivity index (χ2v) is 6.29. The molecule has 0 aliphatic heterocycles. The number of aryl methyl sites for hydroxylation is 1. The van der Waals surface area contributed by atoms with Gasteiger partial charge in [-0.3, -0.25) is 9.59 Å². The molecule has 0 atom stereocenters. The van der Waals surface area contributed by atoms with Crippen LogP contribution in [-0.4, -0.2) is 31.1 Å². The lowest BCUT2D eigenvalue weighted by Crippen LogP contribution is -2.33. The van der Waals surface area contributed by atoms with Crippen LogP contribution in [0.25, 0.3) is 0 Å². The van der Waals surface area contributed by atoms with Crippen LogP contribution in [0.2, 0.25) is 0 Å². The van der Waals surface area contributed by atoms with E-state index in [0.717, 1.165) is 18.2 Å². The highest BCUT2D eigenvalue weighted by Gasteiger charge is 2.28. The zero-order valence-corrected chi connectivity index (χ0v) is 15.5. The third-order valence-electron chi connectivity index (χ3n) is 3.95. The Morgan fingerprint density at radius 1 is 1.00 bits per heavy atom. The van der Waals surface area contributed by atoms with Crippen molar-refractivity contribution in [1.82, 2.24) is 5.32 Å². The monoisotopic (exact) mass is 415 g/mol. The Morgan fingerprint density at radius 2 is 1.69 bits per heavy atom. The number of benzene rings is 2. The molecule has 0 radical (unpaired) electrons. The van der Waals surface area contributed by atoms with Gasteiger partial charge in [0.2, 0.25) is 5.91 Å². The molecule has 0 unspecified atom stereocenters. The number of alkyl halides is 3. The maximum atomic E-state index is 14.0. The Balaban J connectivity index is 2.05. The quantitative estimate of drug-likeness (QED) is 0.627. The number of anilines is 2. The van der Waals surface area contributed by atoms with Crippen molar-refractivity contribution in [3.05, 3.63) is 58.7 Å². The number of rotatable bonds is 6. The topological polar surface area (TPSA) is 70.2 Å². The average molecular weight is 415 g/mol. The predicted octanol–water partition coefficient (Wildman–Crippen LogP) is 3.92. The molecular formula is C19H18F5N3O2. The van der Waals surface area contributed by atoms with Gasteiger partial charge in [0, 0.05) is 22.5 Å². The third kappa shape index (κ3) is 6.44. The van der Waals surface area contributed by atoms with Gasteiger partial charge in [-0.2, -0.15) is 13.2 Å². The van der Waals surface area contributed by atoms with E-state index in [-0.39, 0.29) is 29.0 Å². The SMILES string of the molecule is Cc1ccc(NC(=O)CNc2cc(C(=O)NCC(F)(F)F)cc(F)c2C)cc1F. The van der Waals surface area contributed by atoms with Gasteiger partial charge in [0.05, 0.1) is 6.54 Å². The van der Waals surface area contributed by atoms with Crippen molar-refractivity contribution in [2.24, 2.45) is 0 Å². The first kappa shape index (κ1) is 22.1. The van der Waals surface area contributed by atoms with E-state index in [1.54, 1.807) is 12.2 Å². The van der Waals surface area contributed by atoms with Crippen LogP contribution in [0, 0.1) is 25.5 Å². The second-order valence-electron chi connectivity index (χ2n) is 6.29. The summed E-state index contributed by atoms with van der Waals surface area (Å²) in [5, 5.41) is 6.72. The van der Waals surface area contributed by atoms with Crippen molar-refractivity contribution in [2.75, 3.05) is 23.7 Å². The summed E-state index contributed by atoms with van der Waals surface area (Å²) < 4.78 is 64.2. The molecule has 2 aromatic carbocycles. The summed E-state index contributed by atoms with van der Waals surface area (Å²) in [5.74, 6) is -3.00. The van der Waals surface area contributed by atoms with Gasteiger partial charge >= 0.3 is 6.18 Å². The van der Waals surface area contributed by atoms with Gasteiger partial charge in [-0.15, -0.1) is 0 Å². The lowest BCUT2D eigenvalue weighted by Gasteiger charge is -2.14. The molecule has 0 aromatic heterocycles. The Labute approximate surface area is 163 Å². The molecule has 156 valence electrons. The summed E-state index contributed by atoms with van der Waals surface area (Å²) in [6, 6.07) is 6.09. The molecule has 10 heteroatoms. The molecule has 3 N–H and O–H groups in total. The lowest BCUT2D eigenvalue weighted by molar-refractivity contribution is -0.123. The Bertz CT molecular complexity index is 929. The van der Waals surface area contributed by atoms with Crippen molar-refractivity contribution in [3.63, 3.8) is 0 Å². The predicted molar refractivity (Wildman–Crippen MR) is 97.8 cm³/mol. The standard InChI is InChI=1S/C19H18F5N3O2/c1-10-3-4-13(7-14(10)20)27-17(28)8-25-16-6-12(5-15(21)11(16)2)18(29)26-9-19(22,23)24/h3-7,25H,8-9H2,1-2H3,(H,26,29)(H,27,28). The van der Waals surface area contributed by atoms with E-state index in [0.29, 0.717) is 5.56 Å². The number of carbonyl (C=O) groups excluding carboxylic acids is 2. The Morgan fingerprint density at radius 3 is 2.31 bits per heavy atom. The average Bonchev–Trinajstić information content (AvgIpc) is 2.63. The molecular weight excluding hydrogens is 397 g/mol. The number of hydrogen-bond donors (Lipinski definition) is 3. The summed E-state index contributed by atoms with van der Waals surface area (Å²) in [4.78, 5) is 23.8. The minimum Gasteiger partial charge on any atom is -0.376 e. The summed E-state index contributed by atoms with van der Waals surface area (Å²) in [7, 11) is 0. The minimum atomic E-state index is -4.60. The van der Waals surface area contributed by atoms with Crippen LogP contribution in [0.5, 0.6) is 0 Å². The van der Waals surface area contributed by atoms with Crippen molar-refractivity contribution in [1.29, 1.82) is 0 Å². The number of carbonyl (C=O) groups is 2. The number of halogens is 5. The molecule has 0 spiro atoms. The smallest absolute Gasteiger partial charge is 0.376 e. The largest absolute Gasteiger partial charge is 0.405 e. The van der Waals surface area contributed by atoms with Gasteiger partial charge in [0.15, 0.2) is 0 Å². The molecule has 2 rings (SSSR count). The van der Waals surface area contributed by atoms with E-state index in [4.69, 9.17) is 0 Å². The minimum absolute atomic E-state index is 0.0624. The van der Waals surface area contributed by atoms with E-state index in [2.05, 4.69) is 10.6 Å². The van der Waals surface area contributed by atoms with Crippen molar-refractivity contribution < 1.29 is 31.5 Å². The van der Waals surface area contributed by atoms with E-state index in [1.807, 2.05) is 0 Å². The molecule has 0 heterocycles. The highest BCUT2D eigenvalue weighted by molar-refractivity contribution is 5.96. The number of amides is 2. The van der Waals surface area contributed by atoms with Crippen LogP contribution in [-0.2, 0) is 4.79 Å². The molecule has 29 heavy (non-hydrogen) atoms. The van der Waals surface area contributed by atoms with Gasteiger partial charge < -0.3 is 16.0 Å². The van der Waals surface area contributed by atoms with Crippen LogP contribution in [0.15, 0.2) is 30.3 Å². The van der Waals surface area contributed by atoms with Crippen molar-refractivity contribution in [2.45, 2.75) is 20.0 Å². The van der Waals surface area contributed by atoms with E-state index in [1.165, 1.54) is 19.1 Å². The second kappa shape index (κ2) is 8.89. The fourth-order valence-electron chi connectivity index (χ4n) is 2.33. The van der Waals surface area contributed by atoms with Crippen LogP contribution >= 0.6 is 0 Å². The normalized spacial score (nSPS) is 11.1. The molecule has 0 saturated heterocycles. The number of hydrogen-bond acceptors (Lipinski definition) is 3. The molecule has 0 aliphatic carbocycles. The van der Waals surface area contributed by atoms with Crippen molar-refractivity contribution >= 4 is 23.2 Å². The van der Waals surface area contributed by atoms with Crippen LogP contribution in [0.4, 0.5) is 33.3 Å². The van der Waals surface area contributed by atoms with Crippen molar-refractivity contribution in [3.8, 4) is 0 Å². The molecule has 0 aliphatic rings. The van der Waals surface area contributed by atoms with Gasteiger partial charge in [0.25, 0.3) is 5.91 Å². The summed E-state index contributed by atoms with van der Waals surface area (Å²) in [5.41, 5.74) is 0.440. The first-order valence-electron chi connectivity index (χ1n) is 8.41. The first-order chi connectivity index (χ1) is 13.5. The summed E-state index contributed by atoms with van der Waals surface area (Å²) >= 11 is 0. The molecule has 0 saturated carbocycles. The fourth-order valence-corrected chi connectivity index (χ4v) is 2.33. The van der Waals surface area contributed by atoms with Gasteiger partial charge in [-0.1, -0.05) is 6.07 Å². The van der Waals surface area contributed by atoms with Crippen LogP contribution < -0.4 is 16.0 Å². The van der Waals surface area contributed by atoms with Gasteiger partial charge in [-0.05, 0) is 43.7 Å². The summed E-state index contributed by atoms with van der Waals surface area (Å²) in [6.45, 7) is 1.04. The maximum Gasteiger partial charge on any atom is 0.405 e. The fraction of sp³-hybridized carbons (Fsp3) is 0.263. The first-order valence-corrected chi connectivity index (χ1v) is 8.41. The lowest BCUT2D eigenvalue weighted by atomic mass is 10.1. The van der Waals surface area contributed by atoms with Crippen LogP contribution in [0.3, 0.4) is 0 Å². The number of nitrogens with one attached hydrogen (secondary N) is 3. The Kier molecular flexibility index (Phi) is 6.78. The van der Waals surface area contributed by atoms with Crippen LogP contribution in [0.1, 0.15) is 21.5 Å². The molecule has 5 nitrogen and oxygen atoms in total. The van der Waals surface area contributed by atoms with E-state index in [9.17, 15) is 31.5 Å². The van der Waals surface area contributed by atoms with Gasteiger partial charge in [-0.25, -0.2) is 8.78 Å². The molecule has 2 aromatic rings. The molecule has 0 fully saturated rings. The van der Waals surface area contributed by atoms with E-state index < -0.39 is 36.2 Å². The Hall–Kier alpha value is -3.17. The van der Waals surface area contributed by atoms with E-state index >= 15 is 0 Å².